The summed E-state index contributed by atoms with van der Waals surface area (Å²) in [7, 11) is 1.65. The third-order valence-electron chi connectivity index (χ3n) is 2.84. The molecule has 1 aromatic rings. The summed E-state index contributed by atoms with van der Waals surface area (Å²) < 4.78 is 12.0. The van der Waals surface area contributed by atoms with Crippen LogP contribution in [0.3, 0.4) is 0 Å². The van der Waals surface area contributed by atoms with Crippen molar-refractivity contribution in [2.24, 2.45) is 0 Å². The van der Waals surface area contributed by atoms with Crippen LogP contribution >= 0.6 is 22.6 Å². The number of benzene rings is 1. The molecule has 102 valence electrons. The van der Waals surface area contributed by atoms with E-state index in [0.717, 1.165) is 29.0 Å². The molecular weight excluding hydrogens is 343 g/mol. The maximum atomic E-state index is 5.93. The first-order valence-corrected chi connectivity index (χ1v) is 7.18. The lowest BCUT2D eigenvalue weighted by atomic mass is 10.3. The van der Waals surface area contributed by atoms with Gasteiger partial charge in [0.2, 0.25) is 0 Å². The van der Waals surface area contributed by atoms with Crippen molar-refractivity contribution >= 4 is 28.3 Å². The average Bonchev–Trinajstić information content (AvgIpc) is 2.37. The molecule has 5 heteroatoms. The first-order valence-electron chi connectivity index (χ1n) is 6.10. The van der Waals surface area contributed by atoms with E-state index >= 15 is 0 Å². The van der Waals surface area contributed by atoms with Gasteiger partial charge in [-0.15, -0.1) is 0 Å². The van der Waals surface area contributed by atoms with Gasteiger partial charge in [0.15, 0.2) is 0 Å². The van der Waals surface area contributed by atoms with Gasteiger partial charge in [0, 0.05) is 12.6 Å². The predicted molar refractivity (Wildman–Crippen MR) is 83.4 cm³/mol. The third kappa shape index (κ3) is 4.20. The minimum absolute atomic E-state index is 0.635. The highest BCUT2D eigenvalue weighted by atomic mass is 127. The zero-order valence-corrected chi connectivity index (χ0v) is 13.4. The van der Waals surface area contributed by atoms with Gasteiger partial charge in [0.05, 0.1) is 16.4 Å². The van der Waals surface area contributed by atoms with Gasteiger partial charge in [0.25, 0.3) is 0 Å². The fourth-order valence-corrected chi connectivity index (χ4v) is 2.37. The second kappa shape index (κ2) is 7.68. The van der Waals surface area contributed by atoms with E-state index in [1.807, 2.05) is 12.1 Å². The molecule has 4 nitrogen and oxygen atoms in total. The molecule has 0 aliphatic carbocycles. The molecule has 0 aliphatic heterocycles. The second-order valence-electron chi connectivity index (χ2n) is 3.90. The van der Waals surface area contributed by atoms with Gasteiger partial charge in [-0.1, -0.05) is 13.8 Å². The molecule has 2 N–H and O–H groups in total. The quantitative estimate of drug-likeness (QED) is 0.597. The summed E-state index contributed by atoms with van der Waals surface area (Å²) in [5.74, 6) is 1.49. The van der Waals surface area contributed by atoms with Crippen LogP contribution in [0.5, 0.6) is 11.5 Å². The molecule has 1 rings (SSSR count). The number of hydrogen-bond acceptors (Lipinski definition) is 4. The minimum Gasteiger partial charge on any atom is -0.496 e. The van der Waals surface area contributed by atoms with Crippen LogP contribution in [0.2, 0.25) is 0 Å². The lowest BCUT2D eigenvalue weighted by Crippen LogP contribution is -2.28. The number of ether oxygens (including phenoxy) is 2. The fourth-order valence-electron chi connectivity index (χ4n) is 1.66. The number of anilines is 1. The molecule has 0 heterocycles. The van der Waals surface area contributed by atoms with Crippen LogP contribution in [0.25, 0.3) is 0 Å². The summed E-state index contributed by atoms with van der Waals surface area (Å²) in [4.78, 5) is 2.31. The number of rotatable bonds is 7. The zero-order valence-electron chi connectivity index (χ0n) is 11.2. The van der Waals surface area contributed by atoms with Gasteiger partial charge in [-0.05, 0) is 41.7 Å². The number of nitrogen functional groups attached to an aromatic ring is 1. The molecule has 0 spiro atoms. The summed E-state index contributed by atoms with van der Waals surface area (Å²) in [6, 6.07) is 3.71. The average molecular weight is 364 g/mol. The molecule has 0 radical (unpaired) electrons. The van der Waals surface area contributed by atoms with E-state index in [1.165, 1.54) is 0 Å². The topological polar surface area (TPSA) is 47.7 Å². The Labute approximate surface area is 123 Å². The SMILES string of the molecule is CCN(CC)CCOc1cc(OC)c(I)cc1N. The first-order chi connectivity index (χ1) is 8.62. The summed E-state index contributed by atoms with van der Waals surface area (Å²) in [5.41, 5.74) is 6.58. The van der Waals surface area contributed by atoms with Crippen LogP contribution < -0.4 is 15.2 Å². The van der Waals surface area contributed by atoms with Crippen LogP contribution in [0.15, 0.2) is 12.1 Å². The number of nitrogens with zero attached hydrogens (tertiary/aromatic N) is 1. The highest BCUT2D eigenvalue weighted by Crippen LogP contribution is 2.31. The maximum Gasteiger partial charge on any atom is 0.146 e. The molecule has 0 aromatic heterocycles. The van der Waals surface area contributed by atoms with E-state index < -0.39 is 0 Å². The highest BCUT2D eigenvalue weighted by Gasteiger charge is 2.08. The van der Waals surface area contributed by atoms with E-state index in [0.29, 0.717) is 18.0 Å². The van der Waals surface area contributed by atoms with Crippen LogP contribution in [0.4, 0.5) is 5.69 Å². The lowest BCUT2D eigenvalue weighted by Gasteiger charge is -2.18. The number of halogens is 1. The van der Waals surface area contributed by atoms with Crippen molar-refractivity contribution in [2.75, 3.05) is 39.1 Å². The molecule has 0 amide bonds. The van der Waals surface area contributed by atoms with Gasteiger partial charge in [0.1, 0.15) is 18.1 Å². The van der Waals surface area contributed by atoms with Crippen molar-refractivity contribution in [3.05, 3.63) is 15.7 Å². The van der Waals surface area contributed by atoms with Crippen molar-refractivity contribution < 1.29 is 9.47 Å². The molecule has 0 saturated carbocycles. The first kappa shape index (κ1) is 15.4. The third-order valence-corrected chi connectivity index (χ3v) is 3.69. The molecule has 18 heavy (non-hydrogen) atoms. The van der Waals surface area contributed by atoms with Crippen molar-refractivity contribution in [1.82, 2.24) is 4.90 Å². The predicted octanol–water partition coefficient (Wildman–Crippen LogP) is 2.60. The molecule has 0 fully saturated rings. The lowest BCUT2D eigenvalue weighted by molar-refractivity contribution is 0.223. The van der Waals surface area contributed by atoms with Crippen molar-refractivity contribution in [2.45, 2.75) is 13.8 Å². The van der Waals surface area contributed by atoms with Crippen molar-refractivity contribution in [3.8, 4) is 11.5 Å². The van der Waals surface area contributed by atoms with Gasteiger partial charge in [-0.25, -0.2) is 0 Å². The molecule has 0 unspecified atom stereocenters. The van der Waals surface area contributed by atoms with Crippen LogP contribution in [0, 0.1) is 3.57 Å². The molecule has 0 saturated heterocycles. The summed E-state index contributed by atoms with van der Waals surface area (Å²) in [6.45, 7) is 7.89. The maximum absolute atomic E-state index is 5.93. The Morgan fingerprint density at radius 3 is 2.44 bits per heavy atom. The van der Waals surface area contributed by atoms with Gasteiger partial charge >= 0.3 is 0 Å². The van der Waals surface area contributed by atoms with Gasteiger partial charge < -0.3 is 20.1 Å². The Morgan fingerprint density at radius 2 is 1.89 bits per heavy atom. The summed E-state index contributed by atoms with van der Waals surface area (Å²) in [6.07, 6.45) is 0. The summed E-state index contributed by atoms with van der Waals surface area (Å²) in [5, 5.41) is 0. The largest absolute Gasteiger partial charge is 0.496 e. The van der Waals surface area contributed by atoms with Gasteiger partial charge in [-0.3, -0.25) is 0 Å². The summed E-state index contributed by atoms with van der Waals surface area (Å²) >= 11 is 2.19. The van der Waals surface area contributed by atoms with Crippen LogP contribution in [-0.4, -0.2) is 38.3 Å². The van der Waals surface area contributed by atoms with Crippen molar-refractivity contribution in [1.29, 1.82) is 0 Å². The standard InChI is InChI=1S/C13H21IN2O2/c1-4-16(5-2)6-7-18-13-9-12(17-3)10(14)8-11(13)15/h8-9H,4-7,15H2,1-3H3. The fraction of sp³-hybridized carbons (Fsp3) is 0.538. The van der Waals surface area contributed by atoms with Crippen molar-refractivity contribution in [3.63, 3.8) is 0 Å². The van der Waals surface area contributed by atoms with Gasteiger partial charge in [-0.2, -0.15) is 0 Å². The van der Waals surface area contributed by atoms with E-state index in [4.69, 9.17) is 15.2 Å². The number of likely N-dealkylation sites (N-methyl/N-ethyl adjacent to an activating group) is 1. The molecule has 0 bridgehead atoms. The Hall–Kier alpha value is -0.690. The number of nitrogens with two attached hydrogens (primary N) is 1. The minimum atomic E-state index is 0.635. The van der Waals surface area contributed by atoms with Crippen LogP contribution in [-0.2, 0) is 0 Å². The zero-order chi connectivity index (χ0) is 13.5. The van der Waals surface area contributed by atoms with E-state index in [2.05, 4.69) is 41.3 Å². The Morgan fingerprint density at radius 1 is 1.22 bits per heavy atom. The normalized spacial score (nSPS) is 10.7. The van der Waals surface area contributed by atoms with E-state index in [9.17, 15) is 0 Å². The smallest absolute Gasteiger partial charge is 0.146 e. The van der Waals surface area contributed by atoms with E-state index in [-0.39, 0.29) is 0 Å². The molecule has 1 aromatic carbocycles. The van der Waals surface area contributed by atoms with E-state index in [1.54, 1.807) is 7.11 Å². The highest BCUT2D eigenvalue weighted by molar-refractivity contribution is 14.1. The second-order valence-corrected chi connectivity index (χ2v) is 5.06. The number of hydrogen-bond donors (Lipinski definition) is 1. The van der Waals surface area contributed by atoms with Crippen LogP contribution in [0.1, 0.15) is 13.8 Å². The Kier molecular flexibility index (Phi) is 6.56. The molecule has 0 aliphatic rings. The Bertz CT molecular complexity index is 381. The monoisotopic (exact) mass is 364 g/mol. The molecular formula is C13H21IN2O2. The number of methoxy groups -OCH3 is 1. The Balaban J connectivity index is 2.61. The molecule has 0 atom stereocenters.